The Bertz CT molecular complexity index is 404. The van der Waals surface area contributed by atoms with Gasteiger partial charge in [0.05, 0.1) is 0 Å². The number of hydrogen-bond acceptors (Lipinski definition) is 2. The highest BCUT2D eigenvalue weighted by Gasteiger charge is 2.14. The maximum absolute atomic E-state index is 12.7. The minimum absolute atomic E-state index is 0.237. The highest BCUT2D eigenvalue weighted by atomic mass is 32.2. The second kappa shape index (κ2) is 7.38. The van der Waals surface area contributed by atoms with Crippen LogP contribution in [0.15, 0.2) is 24.3 Å². The first kappa shape index (κ1) is 14.2. The van der Waals surface area contributed by atoms with E-state index in [2.05, 4.69) is 10.6 Å². The van der Waals surface area contributed by atoms with E-state index in [4.69, 9.17) is 0 Å². The van der Waals surface area contributed by atoms with Crippen LogP contribution in [0, 0.1) is 5.82 Å². The van der Waals surface area contributed by atoms with Gasteiger partial charge in [0, 0.05) is 23.2 Å². The topological polar surface area (TPSA) is 41.1 Å². The number of halogens is 1. The van der Waals surface area contributed by atoms with Crippen LogP contribution in [0.5, 0.6) is 0 Å². The van der Waals surface area contributed by atoms with Crippen molar-refractivity contribution in [2.24, 2.45) is 0 Å². The number of carbonyl (C=O) groups excluding carboxylic acids is 1. The van der Waals surface area contributed by atoms with Crippen LogP contribution in [0.2, 0.25) is 0 Å². The van der Waals surface area contributed by atoms with Crippen LogP contribution < -0.4 is 10.6 Å². The molecule has 1 aromatic carbocycles. The highest BCUT2D eigenvalue weighted by Crippen LogP contribution is 2.28. The molecule has 1 fully saturated rings. The summed E-state index contributed by atoms with van der Waals surface area (Å²) < 4.78 is 12.7. The van der Waals surface area contributed by atoms with Crippen LogP contribution in [0.4, 0.5) is 14.9 Å². The highest BCUT2D eigenvalue weighted by molar-refractivity contribution is 7.99. The van der Waals surface area contributed by atoms with Crippen LogP contribution in [0.3, 0.4) is 0 Å². The molecule has 104 valence electrons. The molecule has 2 N–H and O–H groups in total. The third-order valence-electron chi connectivity index (χ3n) is 3.15. The predicted molar refractivity (Wildman–Crippen MR) is 78.1 cm³/mol. The molecule has 2 rings (SSSR count). The zero-order valence-corrected chi connectivity index (χ0v) is 11.6. The maximum Gasteiger partial charge on any atom is 0.319 e. The molecule has 0 radical (unpaired) electrons. The van der Waals surface area contributed by atoms with Crippen LogP contribution >= 0.6 is 11.8 Å². The Morgan fingerprint density at radius 2 is 1.95 bits per heavy atom. The lowest BCUT2D eigenvalue weighted by atomic mass is 10.3. The Balaban J connectivity index is 1.60. The first-order valence-electron chi connectivity index (χ1n) is 6.66. The predicted octanol–water partition coefficient (Wildman–Crippen LogP) is 3.62. The monoisotopic (exact) mass is 282 g/mol. The third kappa shape index (κ3) is 5.11. The molecule has 0 spiro atoms. The van der Waals surface area contributed by atoms with E-state index < -0.39 is 0 Å². The number of amides is 2. The number of hydrogen-bond donors (Lipinski definition) is 2. The standard InChI is InChI=1S/C14H19FN2OS/c15-11-5-7-12(8-6-11)17-14(18)16-9-10-19-13-3-1-2-4-13/h5-8,13H,1-4,9-10H2,(H2,16,17,18). The van der Waals surface area contributed by atoms with Crippen molar-refractivity contribution in [1.29, 1.82) is 0 Å². The van der Waals surface area contributed by atoms with Gasteiger partial charge >= 0.3 is 6.03 Å². The van der Waals surface area contributed by atoms with E-state index in [1.807, 2.05) is 11.8 Å². The molecule has 0 heterocycles. The number of nitrogens with one attached hydrogen (secondary N) is 2. The Hall–Kier alpha value is -1.23. The molecule has 1 aliphatic carbocycles. The van der Waals surface area contributed by atoms with Crippen molar-refractivity contribution < 1.29 is 9.18 Å². The second-order valence-corrected chi connectivity index (χ2v) is 6.07. The van der Waals surface area contributed by atoms with Gasteiger partial charge in [0.2, 0.25) is 0 Å². The van der Waals surface area contributed by atoms with Gasteiger partial charge in [0.25, 0.3) is 0 Å². The zero-order valence-electron chi connectivity index (χ0n) is 10.8. The van der Waals surface area contributed by atoms with Gasteiger partial charge in [-0.3, -0.25) is 0 Å². The lowest BCUT2D eigenvalue weighted by Gasteiger charge is -2.10. The van der Waals surface area contributed by atoms with Crippen LogP contribution in [0.1, 0.15) is 25.7 Å². The summed E-state index contributed by atoms with van der Waals surface area (Å²) in [6, 6.07) is 5.50. The summed E-state index contributed by atoms with van der Waals surface area (Å²) in [6.45, 7) is 0.661. The van der Waals surface area contributed by atoms with Gasteiger partial charge in [0.15, 0.2) is 0 Å². The van der Waals surface area contributed by atoms with E-state index in [9.17, 15) is 9.18 Å². The van der Waals surface area contributed by atoms with E-state index in [0.717, 1.165) is 11.0 Å². The van der Waals surface area contributed by atoms with Crippen molar-refractivity contribution in [2.45, 2.75) is 30.9 Å². The Kier molecular flexibility index (Phi) is 5.51. The van der Waals surface area contributed by atoms with Crippen LogP contribution in [-0.2, 0) is 0 Å². The Morgan fingerprint density at radius 3 is 2.63 bits per heavy atom. The average molecular weight is 282 g/mol. The molecule has 0 saturated heterocycles. The van der Waals surface area contributed by atoms with E-state index in [-0.39, 0.29) is 11.8 Å². The largest absolute Gasteiger partial charge is 0.337 e. The van der Waals surface area contributed by atoms with Gasteiger partial charge < -0.3 is 10.6 Å². The van der Waals surface area contributed by atoms with E-state index in [1.165, 1.54) is 37.8 Å². The van der Waals surface area contributed by atoms with Crippen molar-refractivity contribution in [3.8, 4) is 0 Å². The second-order valence-electron chi connectivity index (χ2n) is 4.67. The van der Waals surface area contributed by atoms with Crippen LogP contribution in [0.25, 0.3) is 0 Å². The van der Waals surface area contributed by atoms with Crippen LogP contribution in [-0.4, -0.2) is 23.6 Å². The minimum Gasteiger partial charge on any atom is -0.337 e. The van der Waals surface area contributed by atoms with E-state index >= 15 is 0 Å². The average Bonchev–Trinajstić information content (AvgIpc) is 2.91. The van der Waals surface area contributed by atoms with Crippen molar-refractivity contribution in [3.63, 3.8) is 0 Å². The molecular formula is C14H19FN2OS. The molecule has 3 nitrogen and oxygen atoms in total. The lowest BCUT2D eigenvalue weighted by molar-refractivity contribution is 0.252. The summed E-state index contributed by atoms with van der Waals surface area (Å²) in [6.07, 6.45) is 5.31. The lowest BCUT2D eigenvalue weighted by Crippen LogP contribution is -2.30. The van der Waals surface area contributed by atoms with Crippen molar-refractivity contribution in [3.05, 3.63) is 30.1 Å². The first-order valence-corrected chi connectivity index (χ1v) is 7.71. The summed E-state index contributed by atoms with van der Waals surface area (Å²) >= 11 is 1.94. The first-order chi connectivity index (χ1) is 9.24. The fourth-order valence-electron chi connectivity index (χ4n) is 2.15. The van der Waals surface area contributed by atoms with Gasteiger partial charge in [-0.05, 0) is 37.1 Å². The minimum atomic E-state index is -0.307. The maximum atomic E-state index is 12.7. The zero-order chi connectivity index (χ0) is 13.5. The molecule has 1 aliphatic rings. The van der Waals surface area contributed by atoms with Crippen molar-refractivity contribution in [2.75, 3.05) is 17.6 Å². The molecule has 1 aromatic rings. The molecule has 5 heteroatoms. The summed E-state index contributed by atoms with van der Waals surface area (Å²) in [7, 11) is 0. The SMILES string of the molecule is O=C(NCCSC1CCCC1)Nc1ccc(F)cc1. The molecule has 0 atom stereocenters. The summed E-state index contributed by atoms with van der Waals surface area (Å²) in [5.74, 6) is 0.639. The van der Waals surface area contributed by atoms with Gasteiger partial charge in [-0.15, -0.1) is 0 Å². The Labute approximate surface area is 117 Å². The molecule has 0 aromatic heterocycles. The number of rotatable bonds is 5. The number of anilines is 1. The number of carbonyl (C=O) groups is 1. The fourth-order valence-corrected chi connectivity index (χ4v) is 3.37. The molecule has 0 bridgehead atoms. The van der Waals surface area contributed by atoms with Gasteiger partial charge in [-0.25, -0.2) is 9.18 Å². The quantitative estimate of drug-likeness (QED) is 0.810. The van der Waals surface area contributed by atoms with E-state index in [1.54, 1.807) is 12.1 Å². The molecule has 0 aliphatic heterocycles. The molecule has 19 heavy (non-hydrogen) atoms. The van der Waals surface area contributed by atoms with Crippen molar-refractivity contribution >= 4 is 23.5 Å². The number of thioether (sulfide) groups is 1. The number of urea groups is 1. The number of benzene rings is 1. The Morgan fingerprint density at radius 1 is 1.26 bits per heavy atom. The molecular weight excluding hydrogens is 263 g/mol. The molecule has 2 amide bonds. The van der Waals surface area contributed by atoms with Gasteiger partial charge in [-0.1, -0.05) is 12.8 Å². The molecule has 0 unspecified atom stereocenters. The van der Waals surface area contributed by atoms with Gasteiger partial charge in [-0.2, -0.15) is 11.8 Å². The van der Waals surface area contributed by atoms with Gasteiger partial charge in [0.1, 0.15) is 5.82 Å². The molecule has 1 saturated carbocycles. The normalized spacial score (nSPS) is 15.4. The fraction of sp³-hybridized carbons (Fsp3) is 0.500. The summed E-state index contributed by atoms with van der Waals surface area (Å²) in [4.78, 5) is 11.6. The summed E-state index contributed by atoms with van der Waals surface area (Å²) in [5.41, 5.74) is 0.599. The summed E-state index contributed by atoms with van der Waals surface area (Å²) in [5, 5.41) is 6.26. The smallest absolute Gasteiger partial charge is 0.319 e. The third-order valence-corrected chi connectivity index (χ3v) is 4.53. The van der Waals surface area contributed by atoms with E-state index in [0.29, 0.717) is 12.2 Å². The van der Waals surface area contributed by atoms with Crippen molar-refractivity contribution in [1.82, 2.24) is 5.32 Å².